The highest BCUT2D eigenvalue weighted by molar-refractivity contribution is 5.71. The van der Waals surface area contributed by atoms with E-state index in [-0.39, 0.29) is 31.1 Å². The Morgan fingerprint density at radius 2 is 0.409 bits per heavy atom. The third-order valence-electron chi connectivity index (χ3n) is 13.9. The van der Waals surface area contributed by atoms with Crippen LogP contribution in [0, 0.1) is 0 Å². The van der Waals surface area contributed by atoms with Crippen LogP contribution in [0.2, 0.25) is 0 Å². The number of esters is 3. The molecule has 6 nitrogen and oxygen atoms in total. The normalized spacial score (nSPS) is 11.9. The van der Waals surface area contributed by atoms with Gasteiger partial charge in [0.2, 0.25) is 0 Å². The zero-order valence-electron chi connectivity index (χ0n) is 45.0. The van der Waals surface area contributed by atoms with Gasteiger partial charge in [-0.05, 0) is 19.3 Å². The molecule has 0 aromatic carbocycles. The summed E-state index contributed by atoms with van der Waals surface area (Å²) in [5.74, 6) is -0.829. The Kier molecular flexibility index (Phi) is 54.7. The molecule has 0 rings (SSSR count). The van der Waals surface area contributed by atoms with Gasteiger partial charge >= 0.3 is 17.9 Å². The predicted molar refractivity (Wildman–Crippen MR) is 284 cm³/mol. The van der Waals surface area contributed by atoms with Crippen molar-refractivity contribution in [2.45, 2.75) is 354 Å². The van der Waals surface area contributed by atoms with Crippen LogP contribution in [0.3, 0.4) is 0 Å². The third-order valence-corrected chi connectivity index (χ3v) is 13.9. The van der Waals surface area contributed by atoms with Gasteiger partial charge in [0.1, 0.15) is 13.2 Å². The van der Waals surface area contributed by atoms with Gasteiger partial charge in [-0.2, -0.15) is 0 Å². The van der Waals surface area contributed by atoms with Crippen molar-refractivity contribution >= 4 is 17.9 Å². The maximum absolute atomic E-state index is 12.9. The smallest absolute Gasteiger partial charge is 0.306 e. The van der Waals surface area contributed by atoms with E-state index in [0.717, 1.165) is 57.8 Å². The van der Waals surface area contributed by atoms with E-state index in [0.29, 0.717) is 19.3 Å². The molecule has 0 radical (unpaired) electrons. The van der Waals surface area contributed by atoms with E-state index < -0.39 is 6.10 Å². The molecular weight excluding hydrogens is 817 g/mol. The van der Waals surface area contributed by atoms with Crippen molar-refractivity contribution in [2.75, 3.05) is 13.2 Å². The molecule has 66 heavy (non-hydrogen) atoms. The van der Waals surface area contributed by atoms with E-state index in [4.69, 9.17) is 14.2 Å². The summed E-state index contributed by atoms with van der Waals surface area (Å²) in [6, 6.07) is 0. The Balaban J connectivity index is 4.27. The van der Waals surface area contributed by atoms with Crippen molar-refractivity contribution in [3.63, 3.8) is 0 Å². The largest absolute Gasteiger partial charge is 0.462 e. The number of hydrogen-bond donors (Lipinski definition) is 0. The first-order valence-electron chi connectivity index (χ1n) is 30.0. The molecule has 0 N–H and O–H groups in total. The monoisotopic (exact) mass is 933 g/mol. The summed E-state index contributed by atoms with van der Waals surface area (Å²) in [6.07, 6.45) is 62.4. The first kappa shape index (κ1) is 64.4. The molecule has 0 aliphatic carbocycles. The van der Waals surface area contributed by atoms with Crippen LogP contribution in [-0.2, 0) is 28.6 Å². The molecule has 0 aromatic rings. The maximum atomic E-state index is 12.9. The Hall–Kier alpha value is -1.59. The lowest BCUT2D eigenvalue weighted by Gasteiger charge is -2.18. The zero-order chi connectivity index (χ0) is 47.9. The van der Waals surface area contributed by atoms with Crippen LogP contribution in [0.4, 0.5) is 0 Å². The molecule has 0 bridgehead atoms. The van der Waals surface area contributed by atoms with E-state index in [2.05, 4.69) is 20.8 Å². The fourth-order valence-electron chi connectivity index (χ4n) is 9.33. The highest BCUT2D eigenvalue weighted by Crippen LogP contribution is 2.18. The van der Waals surface area contributed by atoms with Gasteiger partial charge in [-0.25, -0.2) is 0 Å². The predicted octanol–water partition coefficient (Wildman–Crippen LogP) is 19.9. The number of unbranched alkanes of at least 4 members (excludes halogenated alkanes) is 45. The van der Waals surface area contributed by atoms with Crippen LogP contribution in [0.25, 0.3) is 0 Å². The zero-order valence-corrected chi connectivity index (χ0v) is 45.0. The van der Waals surface area contributed by atoms with Crippen molar-refractivity contribution in [1.82, 2.24) is 0 Å². The summed E-state index contributed by atoms with van der Waals surface area (Å²) < 4.78 is 16.9. The van der Waals surface area contributed by atoms with Crippen LogP contribution < -0.4 is 0 Å². The molecule has 0 fully saturated rings. The van der Waals surface area contributed by atoms with E-state index >= 15 is 0 Å². The lowest BCUT2D eigenvalue weighted by Crippen LogP contribution is -2.30. The quantitative estimate of drug-likeness (QED) is 0.0343. The SMILES string of the molecule is CCCCCCCCCCCCCCCCCCCCCC(=O)O[C@@H](COC(=O)CCCCCCCCCCCCCCC)COC(=O)CCCCCCCCCCCCCCCCCC. The topological polar surface area (TPSA) is 78.9 Å². The Morgan fingerprint density at radius 3 is 0.606 bits per heavy atom. The second kappa shape index (κ2) is 56.0. The maximum Gasteiger partial charge on any atom is 0.306 e. The highest BCUT2D eigenvalue weighted by Gasteiger charge is 2.19. The molecule has 0 spiro atoms. The molecule has 0 saturated heterocycles. The van der Waals surface area contributed by atoms with Gasteiger partial charge in [-0.15, -0.1) is 0 Å². The Morgan fingerprint density at radius 1 is 0.242 bits per heavy atom. The van der Waals surface area contributed by atoms with Crippen LogP contribution >= 0.6 is 0 Å². The summed E-state index contributed by atoms with van der Waals surface area (Å²) >= 11 is 0. The van der Waals surface area contributed by atoms with Gasteiger partial charge in [0.15, 0.2) is 6.10 Å². The first-order chi connectivity index (χ1) is 32.5. The average Bonchev–Trinajstić information content (AvgIpc) is 3.31. The van der Waals surface area contributed by atoms with Crippen LogP contribution in [0.15, 0.2) is 0 Å². The lowest BCUT2D eigenvalue weighted by atomic mass is 10.0. The summed E-state index contributed by atoms with van der Waals surface area (Å²) in [7, 11) is 0. The van der Waals surface area contributed by atoms with Gasteiger partial charge in [-0.1, -0.05) is 310 Å². The molecule has 392 valence electrons. The molecule has 0 saturated carbocycles. The van der Waals surface area contributed by atoms with Crippen LogP contribution in [0.5, 0.6) is 0 Å². The lowest BCUT2D eigenvalue weighted by molar-refractivity contribution is -0.167. The molecule has 0 heterocycles. The van der Waals surface area contributed by atoms with Gasteiger partial charge < -0.3 is 14.2 Å². The van der Waals surface area contributed by atoms with Crippen LogP contribution in [0.1, 0.15) is 348 Å². The fourth-order valence-corrected chi connectivity index (χ4v) is 9.33. The molecule has 0 amide bonds. The number of hydrogen-bond acceptors (Lipinski definition) is 6. The van der Waals surface area contributed by atoms with Gasteiger partial charge in [0, 0.05) is 19.3 Å². The van der Waals surface area contributed by atoms with Crippen LogP contribution in [-0.4, -0.2) is 37.2 Å². The molecule has 0 unspecified atom stereocenters. The van der Waals surface area contributed by atoms with Crippen molar-refractivity contribution < 1.29 is 28.6 Å². The number of carbonyl (C=O) groups excluding carboxylic acids is 3. The molecular formula is C60H116O6. The van der Waals surface area contributed by atoms with Crippen molar-refractivity contribution in [3.8, 4) is 0 Å². The van der Waals surface area contributed by atoms with Crippen molar-refractivity contribution in [3.05, 3.63) is 0 Å². The van der Waals surface area contributed by atoms with Gasteiger partial charge in [0.25, 0.3) is 0 Å². The average molecular weight is 934 g/mol. The van der Waals surface area contributed by atoms with E-state index in [1.54, 1.807) is 0 Å². The molecule has 0 aromatic heterocycles. The molecule has 1 atom stereocenters. The fraction of sp³-hybridized carbons (Fsp3) is 0.950. The standard InChI is InChI=1S/C60H116O6/c1-4-7-10-13-16-19-22-25-27-29-30-31-33-36-39-42-45-48-51-54-60(63)66-57(55-64-58(61)52-49-46-43-40-37-34-24-21-18-15-12-9-6-3)56-65-59(62)53-50-47-44-41-38-35-32-28-26-23-20-17-14-11-8-5-2/h57H,4-56H2,1-3H3/t57-/m0/s1. The first-order valence-corrected chi connectivity index (χ1v) is 30.0. The molecule has 0 aliphatic rings. The molecule has 6 heteroatoms. The Bertz CT molecular complexity index is 982. The summed E-state index contributed by atoms with van der Waals surface area (Å²) in [6.45, 7) is 6.71. The minimum atomic E-state index is -0.761. The number of rotatable bonds is 56. The second-order valence-electron chi connectivity index (χ2n) is 20.6. The number of ether oxygens (including phenoxy) is 3. The van der Waals surface area contributed by atoms with Gasteiger partial charge in [0.05, 0.1) is 0 Å². The summed E-state index contributed by atoms with van der Waals surface area (Å²) in [4.78, 5) is 38.2. The second-order valence-corrected chi connectivity index (χ2v) is 20.6. The Labute approximate surface area is 412 Å². The molecule has 0 aliphatic heterocycles. The third kappa shape index (κ3) is 53.4. The summed E-state index contributed by atoms with van der Waals surface area (Å²) in [5, 5.41) is 0. The minimum absolute atomic E-state index is 0.0609. The van der Waals surface area contributed by atoms with E-state index in [1.807, 2.05) is 0 Å². The minimum Gasteiger partial charge on any atom is -0.462 e. The van der Waals surface area contributed by atoms with Crippen molar-refractivity contribution in [2.24, 2.45) is 0 Å². The van der Waals surface area contributed by atoms with Gasteiger partial charge in [-0.3, -0.25) is 14.4 Å². The van der Waals surface area contributed by atoms with E-state index in [9.17, 15) is 14.4 Å². The summed E-state index contributed by atoms with van der Waals surface area (Å²) in [5.41, 5.74) is 0. The highest BCUT2D eigenvalue weighted by atomic mass is 16.6. The number of carbonyl (C=O) groups is 3. The van der Waals surface area contributed by atoms with Crippen molar-refractivity contribution in [1.29, 1.82) is 0 Å². The van der Waals surface area contributed by atoms with E-state index in [1.165, 1.54) is 250 Å².